The van der Waals surface area contributed by atoms with Gasteiger partial charge in [-0.05, 0) is 42.5 Å². The SMILES string of the molecule is O=C(c1ccc(-c2cncnc2)cc1F)N1CCCCC1C(O)c1ccccc1. The first kappa shape index (κ1) is 19.2. The maximum atomic E-state index is 14.8. The van der Waals surface area contributed by atoms with E-state index in [0.717, 1.165) is 18.4 Å². The highest BCUT2D eigenvalue weighted by atomic mass is 19.1. The van der Waals surface area contributed by atoms with Crippen molar-refractivity contribution < 1.29 is 14.3 Å². The topological polar surface area (TPSA) is 66.3 Å². The molecule has 1 saturated heterocycles. The molecule has 1 N–H and O–H groups in total. The average molecular weight is 391 g/mol. The summed E-state index contributed by atoms with van der Waals surface area (Å²) in [5.74, 6) is -0.979. The molecule has 2 heterocycles. The zero-order valence-corrected chi connectivity index (χ0v) is 15.9. The molecule has 2 aromatic carbocycles. The summed E-state index contributed by atoms with van der Waals surface area (Å²) in [4.78, 5) is 22.7. The smallest absolute Gasteiger partial charge is 0.257 e. The molecule has 0 spiro atoms. The van der Waals surface area contributed by atoms with Gasteiger partial charge in [-0.1, -0.05) is 36.4 Å². The van der Waals surface area contributed by atoms with E-state index >= 15 is 0 Å². The lowest BCUT2D eigenvalue weighted by atomic mass is 9.92. The Bertz CT molecular complexity index is 982. The van der Waals surface area contributed by atoms with Gasteiger partial charge in [0.1, 0.15) is 12.1 Å². The number of aromatic nitrogens is 2. The van der Waals surface area contributed by atoms with Gasteiger partial charge in [-0.3, -0.25) is 4.79 Å². The van der Waals surface area contributed by atoms with Gasteiger partial charge in [0, 0.05) is 24.5 Å². The molecular formula is C23H22FN3O2. The van der Waals surface area contributed by atoms with Gasteiger partial charge in [-0.25, -0.2) is 14.4 Å². The van der Waals surface area contributed by atoms with E-state index < -0.39 is 17.8 Å². The number of halogens is 1. The summed E-state index contributed by atoms with van der Waals surface area (Å²) in [6, 6.07) is 13.5. The number of carbonyl (C=O) groups excluding carboxylic acids is 1. The second-order valence-electron chi connectivity index (χ2n) is 7.24. The van der Waals surface area contributed by atoms with Gasteiger partial charge in [0.15, 0.2) is 0 Å². The molecule has 1 amide bonds. The van der Waals surface area contributed by atoms with Crippen LogP contribution in [0.15, 0.2) is 67.3 Å². The number of piperidine rings is 1. The maximum Gasteiger partial charge on any atom is 0.257 e. The number of likely N-dealkylation sites (tertiary alicyclic amines) is 1. The molecule has 3 aromatic rings. The van der Waals surface area contributed by atoms with Gasteiger partial charge in [-0.15, -0.1) is 0 Å². The minimum Gasteiger partial charge on any atom is -0.386 e. The predicted molar refractivity (Wildman–Crippen MR) is 108 cm³/mol. The summed E-state index contributed by atoms with van der Waals surface area (Å²) in [5, 5.41) is 10.9. The van der Waals surface area contributed by atoms with Crippen LogP contribution >= 0.6 is 0 Å². The van der Waals surface area contributed by atoms with Crippen LogP contribution in [0.4, 0.5) is 4.39 Å². The van der Waals surface area contributed by atoms with E-state index in [2.05, 4.69) is 9.97 Å². The standard InChI is InChI=1S/C23H22FN3O2/c24-20-12-17(18-13-25-15-26-14-18)9-10-19(20)23(29)27-11-5-4-8-21(27)22(28)16-6-2-1-3-7-16/h1-3,6-7,9-10,12-15,21-22,28H,4-5,8,11H2. The average Bonchev–Trinajstić information content (AvgIpc) is 2.79. The number of benzene rings is 2. The zero-order chi connectivity index (χ0) is 20.2. The van der Waals surface area contributed by atoms with Crippen molar-refractivity contribution in [2.45, 2.75) is 31.4 Å². The number of aliphatic hydroxyl groups is 1. The maximum absolute atomic E-state index is 14.8. The number of amides is 1. The van der Waals surface area contributed by atoms with Crippen molar-refractivity contribution in [2.75, 3.05) is 6.54 Å². The number of hydrogen-bond acceptors (Lipinski definition) is 4. The van der Waals surface area contributed by atoms with E-state index in [0.29, 0.717) is 24.1 Å². The van der Waals surface area contributed by atoms with Crippen LogP contribution in [-0.2, 0) is 0 Å². The van der Waals surface area contributed by atoms with E-state index in [1.165, 1.54) is 18.5 Å². The highest BCUT2D eigenvalue weighted by Gasteiger charge is 2.34. The third-order valence-corrected chi connectivity index (χ3v) is 5.41. The quantitative estimate of drug-likeness (QED) is 0.730. The summed E-state index contributed by atoms with van der Waals surface area (Å²) < 4.78 is 14.8. The fraction of sp³-hybridized carbons (Fsp3) is 0.261. The van der Waals surface area contributed by atoms with Crippen LogP contribution in [0.5, 0.6) is 0 Å². The van der Waals surface area contributed by atoms with Crippen molar-refractivity contribution in [1.82, 2.24) is 14.9 Å². The largest absolute Gasteiger partial charge is 0.386 e. The molecule has 1 fully saturated rings. The van der Waals surface area contributed by atoms with Crippen molar-refractivity contribution >= 4 is 5.91 Å². The third-order valence-electron chi connectivity index (χ3n) is 5.41. The Morgan fingerprint density at radius 1 is 1.07 bits per heavy atom. The molecule has 29 heavy (non-hydrogen) atoms. The molecule has 0 saturated carbocycles. The van der Waals surface area contributed by atoms with E-state index in [-0.39, 0.29) is 11.6 Å². The Morgan fingerprint density at radius 3 is 2.55 bits per heavy atom. The summed E-state index contributed by atoms with van der Waals surface area (Å²) in [6.07, 6.45) is 6.25. The van der Waals surface area contributed by atoms with Crippen LogP contribution < -0.4 is 0 Å². The van der Waals surface area contributed by atoms with Crippen LogP contribution in [0.1, 0.15) is 41.3 Å². The van der Waals surface area contributed by atoms with E-state index in [1.807, 2.05) is 30.3 Å². The first-order chi connectivity index (χ1) is 14.1. The molecular weight excluding hydrogens is 369 g/mol. The molecule has 1 aromatic heterocycles. The van der Waals surface area contributed by atoms with Crippen LogP contribution in [0.25, 0.3) is 11.1 Å². The van der Waals surface area contributed by atoms with Crippen molar-refractivity contribution in [3.05, 3.63) is 84.2 Å². The molecule has 0 radical (unpaired) electrons. The number of nitrogens with zero attached hydrogens (tertiary/aromatic N) is 3. The van der Waals surface area contributed by atoms with Crippen molar-refractivity contribution in [1.29, 1.82) is 0 Å². The lowest BCUT2D eigenvalue weighted by molar-refractivity contribution is 0.0209. The first-order valence-electron chi connectivity index (χ1n) is 9.74. The van der Waals surface area contributed by atoms with Crippen LogP contribution in [0, 0.1) is 5.82 Å². The lowest BCUT2D eigenvalue weighted by Gasteiger charge is -2.38. The molecule has 2 unspecified atom stereocenters. The zero-order valence-electron chi connectivity index (χ0n) is 15.9. The molecule has 5 nitrogen and oxygen atoms in total. The molecule has 6 heteroatoms. The third kappa shape index (κ3) is 4.03. The molecule has 148 valence electrons. The normalized spacial score (nSPS) is 17.7. The Balaban J connectivity index is 1.60. The predicted octanol–water partition coefficient (Wildman–Crippen LogP) is 4.01. The minimum absolute atomic E-state index is 0.0118. The molecule has 1 aliphatic heterocycles. The Morgan fingerprint density at radius 2 is 1.83 bits per heavy atom. The number of carbonyl (C=O) groups is 1. The fourth-order valence-electron chi connectivity index (χ4n) is 3.88. The second kappa shape index (κ2) is 8.49. The van der Waals surface area contributed by atoms with Gasteiger partial charge in [0.05, 0.1) is 17.7 Å². The molecule has 0 bridgehead atoms. The van der Waals surface area contributed by atoms with Crippen LogP contribution in [-0.4, -0.2) is 38.5 Å². The Labute approximate surface area is 168 Å². The summed E-state index contributed by atoms with van der Waals surface area (Å²) in [7, 11) is 0. The molecule has 2 atom stereocenters. The van der Waals surface area contributed by atoms with Gasteiger partial charge < -0.3 is 10.0 Å². The van der Waals surface area contributed by atoms with E-state index in [4.69, 9.17) is 0 Å². The van der Waals surface area contributed by atoms with Crippen molar-refractivity contribution in [3.63, 3.8) is 0 Å². The monoisotopic (exact) mass is 391 g/mol. The fourth-order valence-corrected chi connectivity index (χ4v) is 3.88. The van der Waals surface area contributed by atoms with Gasteiger partial charge >= 0.3 is 0 Å². The molecule has 0 aliphatic carbocycles. The summed E-state index contributed by atoms with van der Waals surface area (Å²) in [5.41, 5.74) is 2.06. The van der Waals surface area contributed by atoms with Gasteiger partial charge in [0.2, 0.25) is 0 Å². The van der Waals surface area contributed by atoms with E-state index in [9.17, 15) is 14.3 Å². The van der Waals surface area contributed by atoms with E-state index in [1.54, 1.807) is 23.4 Å². The van der Waals surface area contributed by atoms with Crippen LogP contribution in [0.3, 0.4) is 0 Å². The highest BCUT2D eigenvalue weighted by molar-refractivity contribution is 5.95. The van der Waals surface area contributed by atoms with Crippen molar-refractivity contribution in [3.8, 4) is 11.1 Å². The first-order valence-corrected chi connectivity index (χ1v) is 9.74. The molecule has 1 aliphatic rings. The second-order valence-corrected chi connectivity index (χ2v) is 7.24. The molecule has 4 rings (SSSR count). The number of rotatable bonds is 4. The summed E-state index contributed by atoms with van der Waals surface area (Å²) in [6.45, 7) is 0.501. The number of aliphatic hydroxyl groups excluding tert-OH is 1. The van der Waals surface area contributed by atoms with Crippen LogP contribution in [0.2, 0.25) is 0 Å². The highest BCUT2D eigenvalue weighted by Crippen LogP contribution is 2.31. The number of hydrogen-bond donors (Lipinski definition) is 1. The Kier molecular flexibility index (Phi) is 5.62. The Hall–Kier alpha value is -3.12. The minimum atomic E-state index is -0.802. The van der Waals surface area contributed by atoms with Crippen molar-refractivity contribution in [2.24, 2.45) is 0 Å². The summed E-state index contributed by atoms with van der Waals surface area (Å²) >= 11 is 0. The van der Waals surface area contributed by atoms with Gasteiger partial charge in [0.25, 0.3) is 5.91 Å². The van der Waals surface area contributed by atoms with Gasteiger partial charge in [-0.2, -0.15) is 0 Å². The lowest BCUT2D eigenvalue weighted by Crippen LogP contribution is -2.47.